The first-order chi connectivity index (χ1) is 18.5. The van der Waals surface area contributed by atoms with Crippen LogP contribution in [0.4, 0.5) is 11.4 Å². The quantitative estimate of drug-likeness (QED) is 0.333. The molecule has 38 heavy (non-hydrogen) atoms. The number of hydrogen-bond donors (Lipinski definition) is 1. The molecule has 0 saturated carbocycles. The van der Waals surface area contributed by atoms with Gasteiger partial charge in [0.15, 0.2) is 5.11 Å². The number of anilines is 2. The molecule has 2 fully saturated rings. The van der Waals surface area contributed by atoms with Crippen molar-refractivity contribution in [2.75, 3.05) is 36.1 Å². The predicted octanol–water partition coefficient (Wildman–Crippen LogP) is 5.81. The van der Waals surface area contributed by atoms with Crippen molar-refractivity contribution < 1.29 is 4.74 Å². The fourth-order valence-electron chi connectivity index (χ4n) is 5.77. The van der Waals surface area contributed by atoms with Crippen molar-refractivity contribution in [2.24, 2.45) is 0 Å². The number of aromatic nitrogens is 2. The van der Waals surface area contributed by atoms with Gasteiger partial charge in [-0.15, -0.1) is 0 Å². The lowest BCUT2D eigenvalue weighted by molar-refractivity contribution is 0.122. The van der Waals surface area contributed by atoms with Crippen LogP contribution in [0, 0.1) is 20.8 Å². The summed E-state index contributed by atoms with van der Waals surface area (Å²) in [7, 11) is 0. The first-order valence-electron chi connectivity index (χ1n) is 13.2. The van der Waals surface area contributed by atoms with Gasteiger partial charge in [-0.1, -0.05) is 23.8 Å². The predicted molar refractivity (Wildman–Crippen MR) is 157 cm³/mol. The third-order valence-electron chi connectivity index (χ3n) is 7.68. The Kier molecular flexibility index (Phi) is 6.64. The number of hydrogen-bond acceptors (Lipinski definition) is 4. The van der Waals surface area contributed by atoms with Gasteiger partial charge in [0, 0.05) is 47.7 Å². The average Bonchev–Trinajstić information content (AvgIpc) is 3.45. The van der Waals surface area contributed by atoms with Crippen molar-refractivity contribution >= 4 is 28.7 Å². The number of ether oxygens (including phenoxy) is 1. The topological polar surface area (TPSA) is 45.6 Å². The number of nitrogens with zero attached hydrogens (tertiary/aromatic N) is 4. The normalized spacial score (nSPS) is 19.6. The van der Waals surface area contributed by atoms with Crippen molar-refractivity contribution in [1.82, 2.24) is 14.9 Å². The number of morpholine rings is 1. The molecule has 6 nitrogen and oxygen atoms in total. The van der Waals surface area contributed by atoms with Crippen molar-refractivity contribution in [3.05, 3.63) is 107 Å². The molecule has 2 aromatic heterocycles. The molecule has 2 aliphatic heterocycles. The summed E-state index contributed by atoms with van der Waals surface area (Å²) < 4.78 is 7.87. The van der Waals surface area contributed by atoms with Crippen LogP contribution in [0.5, 0.6) is 0 Å². The number of aryl methyl sites for hydroxylation is 2. The van der Waals surface area contributed by atoms with Crippen LogP contribution in [0.1, 0.15) is 40.3 Å². The number of nitrogens with one attached hydrogen (secondary N) is 1. The van der Waals surface area contributed by atoms with Crippen molar-refractivity contribution in [3.63, 3.8) is 0 Å². The number of thiocarbonyl (C=S) groups is 1. The molecule has 0 bridgehead atoms. The summed E-state index contributed by atoms with van der Waals surface area (Å²) in [5.41, 5.74) is 9.32. The molecule has 0 unspecified atom stereocenters. The molecule has 0 amide bonds. The van der Waals surface area contributed by atoms with Crippen LogP contribution in [0.15, 0.2) is 79.0 Å². The van der Waals surface area contributed by atoms with Crippen molar-refractivity contribution in [1.29, 1.82) is 0 Å². The molecule has 7 heteroatoms. The first-order valence-corrected chi connectivity index (χ1v) is 13.6. The van der Waals surface area contributed by atoms with E-state index in [-0.39, 0.29) is 12.1 Å². The molecule has 2 saturated heterocycles. The second kappa shape index (κ2) is 10.2. The monoisotopic (exact) mass is 523 g/mol. The Morgan fingerprint density at radius 1 is 0.868 bits per heavy atom. The molecule has 2 atom stereocenters. The van der Waals surface area contributed by atoms with E-state index in [1.807, 2.05) is 18.3 Å². The SMILES string of the molecule is Cc1ccc(N2C(=S)N[C@H](c3ccccn3)[C@H]2c2cc(C)n(-c3ccc(N4CCOCC4)cc3)c2C)cc1. The number of pyridine rings is 1. The summed E-state index contributed by atoms with van der Waals surface area (Å²) in [5, 5.41) is 4.31. The van der Waals surface area contributed by atoms with Crippen LogP contribution in [-0.2, 0) is 4.74 Å². The molecule has 6 rings (SSSR count). The molecule has 4 heterocycles. The Labute approximate surface area is 229 Å². The van der Waals surface area contributed by atoms with Crippen LogP contribution in [0.2, 0.25) is 0 Å². The third kappa shape index (κ3) is 4.46. The summed E-state index contributed by atoms with van der Waals surface area (Å²) >= 11 is 5.93. The van der Waals surface area contributed by atoms with Gasteiger partial charge in [0.25, 0.3) is 0 Å². The highest BCUT2D eigenvalue weighted by Crippen LogP contribution is 2.43. The second-order valence-electron chi connectivity index (χ2n) is 10.1. The van der Waals surface area contributed by atoms with E-state index in [4.69, 9.17) is 21.9 Å². The lowest BCUT2D eigenvalue weighted by atomic mass is 9.96. The molecule has 0 radical (unpaired) electrons. The molecule has 1 N–H and O–H groups in total. The summed E-state index contributed by atoms with van der Waals surface area (Å²) in [4.78, 5) is 9.35. The van der Waals surface area contributed by atoms with Gasteiger partial charge < -0.3 is 24.4 Å². The standard InChI is InChI=1S/C31H33N5OS/c1-21-7-9-26(10-8-21)36-30(29(33-31(36)38)28-6-4-5-15-32-28)27-20-22(2)35(23(27)3)25-13-11-24(12-14-25)34-16-18-37-19-17-34/h4-15,20,29-30H,16-19H2,1-3H3,(H,33,38)/t29-,30-/m1/s1. The minimum atomic E-state index is -0.0670. The lowest BCUT2D eigenvalue weighted by Gasteiger charge is -2.29. The van der Waals surface area contributed by atoms with Gasteiger partial charge in [-0.25, -0.2) is 0 Å². The molecule has 0 spiro atoms. The minimum Gasteiger partial charge on any atom is -0.378 e. The van der Waals surface area contributed by atoms with Crippen LogP contribution < -0.4 is 15.1 Å². The zero-order valence-corrected chi connectivity index (χ0v) is 22.9. The van der Waals surface area contributed by atoms with Gasteiger partial charge >= 0.3 is 0 Å². The zero-order chi connectivity index (χ0) is 26.2. The second-order valence-corrected chi connectivity index (χ2v) is 10.5. The van der Waals surface area contributed by atoms with E-state index in [1.165, 1.54) is 28.2 Å². The van der Waals surface area contributed by atoms with E-state index < -0.39 is 0 Å². The fourth-order valence-corrected chi connectivity index (χ4v) is 6.12. The maximum atomic E-state index is 5.93. The Morgan fingerprint density at radius 3 is 2.24 bits per heavy atom. The Bertz CT molecular complexity index is 1430. The van der Waals surface area contributed by atoms with E-state index >= 15 is 0 Å². The zero-order valence-electron chi connectivity index (χ0n) is 22.1. The van der Waals surface area contributed by atoms with E-state index in [1.54, 1.807) is 0 Å². The van der Waals surface area contributed by atoms with Crippen LogP contribution in [0.25, 0.3) is 5.69 Å². The summed E-state index contributed by atoms with van der Waals surface area (Å²) in [6.07, 6.45) is 1.85. The van der Waals surface area contributed by atoms with Gasteiger partial charge in [0.2, 0.25) is 0 Å². The van der Waals surface area contributed by atoms with Crippen molar-refractivity contribution in [3.8, 4) is 5.69 Å². The van der Waals surface area contributed by atoms with E-state index in [0.29, 0.717) is 5.11 Å². The summed E-state index contributed by atoms with van der Waals surface area (Å²) in [6, 6.07) is 25.8. The van der Waals surface area contributed by atoms with Gasteiger partial charge in [0.1, 0.15) is 0 Å². The fraction of sp³-hybridized carbons (Fsp3) is 0.290. The van der Waals surface area contributed by atoms with Gasteiger partial charge in [0.05, 0.1) is 31.0 Å². The molecule has 194 valence electrons. The maximum Gasteiger partial charge on any atom is 0.174 e. The van der Waals surface area contributed by atoms with E-state index in [9.17, 15) is 0 Å². The van der Waals surface area contributed by atoms with Gasteiger partial charge in [-0.3, -0.25) is 4.98 Å². The highest BCUT2D eigenvalue weighted by Gasteiger charge is 2.42. The maximum absolute atomic E-state index is 5.93. The summed E-state index contributed by atoms with van der Waals surface area (Å²) in [6.45, 7) is 9.94. The van der Waals surface area contributed by atoms with Crippen LogP contribution >= 0.6 is 12.2 Å². The highest BCUT2D eigenvalue weighted by molar-refractivity contribution is 7.80. The average molecular weight is 524 g/mol. The van der Waals surface area contributed by atoms with Gasteiger partial charge in [-0.05, 0) is 93.1 Å². The number of rotatable bonds is 5. The third-order valence-corrected chi connectivity index (χ3v) is 8.00. The van der Waals surface area contributed by atoms with E-state index in [0.717, 1.165) is 43.4 Å². The summed E-state index contributed by atoms with van der Waals surface area (Å²) in [5.74, 6) is 0. The molecule has 2 aromatic carbocycles. The molecular weight excluding hydrogens is 490 g/mol. The largest absolute Gasteiger partial charge is 0.378 e. The minimum absolute atomic E-state index is 0.0346. The highest BCUT2D eigenvalue weighted by atomic mass is 32.1. The van der Waals surface area contributed by atoms with Crippen LogP contribution in [-0.4, -0.2) is 41.0 Å². The smallest absolute Gasteiger partial charge is 0.174 e. The molecule has 2 aliphatic rings. The Balaban J connectivity index is 1.41. The first kappa shape index (κ1) is 24.6. The molecule has 4 aromatic rings. The van der Waals surface area contributed by atoms with Crippen LogP contribution in [0.3, 0.4) is 0 Å². The lowest BCUT2D eigenvalue weighted by Crippen LogP contribution is -2.36. The van der Waals surface area contributed by atoms with E-state index in [2.05, 4.69) is 101 Å². The van der Waals surface area contributed by atoms with Crippen molar-refractivity contribution in [2.45, 2.75) is 32.9 Å². The Hall–Kier alpha value is -3.68. The van der Waals surface area contributed by atoms with Gasteiger partial charge in [-0.2, -0.15) is 0 Å². The number of benzene rings is 2. The Morgan fingerprint density at radius 2 is 1.55 bits per heavy atom. The molecule has 0 aliphatic carbocycles. The molecular formula is C31H33N5OS.